The number of carbonyl (C=O) groups is 1. The average molecular weight is 206 g/mol. The monoisotopic (exact) mass is 205 g/mol. The molecule has 2 fully saturated rings. The molecule has 2 N–H and O–H groups in total. The van der Waals surface area contributed by atoms with Crippen LogP contribution in [0.25, 0.3) is 0 Å². The van der Waals surface area contributed by atoms with E-state index in [4.69, 9.17) is 5.11 Å². The fourth-order valence-corrected chi connectivity index (χ4v) is 2.70. The minimum Gasteiger partial charge on any atom is -0.481 e. The van der Waals surface area contributed by atoms with Crippen LogP contribution in [0.1, 0.15) is 25.7 Å². The van der Waals surface area contributed by atoms with Crippen LogP contribution in [0.5, 0.6) is 0 Å². The molecule has 1 saturated carbocycles. The van der Waals surface area contributed by atoms with Gasteiger partial charge in [-0.15, -0.1) is 12.4 Å². The molecule has 4 heteroatoms. The number of carboxylic acids is 1. The molecule has 0 amide bonds. The van der Waals surface area contributed by atoms with Crippen molar-refractivity contribution in [3.05, 3.63) is 0 Å². The largest absolute Gasteiger partial charge is 0.481 e. The molecule has 1 saturated heterocycles. The molecule has 13 heavy (non-hydrogen) atoms. The van der Waals surface area contributed by atoms with Gasteiger partial charge in [-0.05, 0) is 37.1 Å². The van der Waals surface area contributed by atoms with Crippen molar-refractivity contribution in [2.24, 2.45) is 11.3 Å². The summed E-state index contributed by atoms with van der Waals surface area (Å²) in [5.74, 6) is -0.178. The number of hydrogen-bond donors (Lipinski definition) is 2. The van der Waals surface area contributed by atoms with E-state index in [9.17, 15) is 4.79 Å². The average Bonchev–Trinajstić information content (AvgIpc) is 2.33. The van der Waals surface area contributed by atoms with Crippen LogP contribution in [-0.4, -0.2) is 24.2 Å². The normalized spacial score (nSPS) is 36.8. The summed E-state index contributed by atoms with van der Waals surface area (Å²) in [5.41, 5.74) is 0.500. The first-order valence-electron chi connectivity index (χ1n) is 4.63. The maximum absolute atomic E-state index is 10.4. The minimum atomic E-state index is -0.638. The molecule has 76 valence electrons. The fraction of sp³-hybridized carbons (Fsp3) is 0.889. The van der Waals surface area contributed by atoms with Gasteiger partial charge in [0.05, 0.1) is 0 Å². The van der Waals surface area contributed by atoms with Gasteiger partial charge in [0.15, 0.2) is 0 Å². The Morgan fingerprint density at radius 2 is 2.23 bits per heavy atom. The first-order valence-corrected chi connectivity index (χ1v) is 4.63. The maximum Gasteiger partial charge on any atom is 0.303 e. The highest BCUT2D eigenvalue weighted by Gasteiger charge is 2.46. The molecule has 1 heterocycles. The van der Waals surface area contributed by atoms with Crippen LogP contribution >= 0.6 is 12.4 Å². The number of halogens is 1. The molecule has 1 aliphatic carbocycles. The predicted molar refractivity (Wildman–Crippen MR) is 52.1 cm³/mol. The zero-order valence-corrected chi connectivity index (χ0v) is 8.40. The van der Waals surface area contributed by atoms with Gasteiger partial charge in [-0.3, -0.25) is 4.79 Å². The smallest absolute Gasteiger partial charge is 0.303 e. The van der Waals surface area contributed by atoms with Crippen LogP contribution in [-0.2, 0) is 4.79 Å². The molecular formula is C9H16ClNO2. The SMILES string of the molecule is Cl.O=C(O)CC1CC2(CCNC2)C1. The highest BCUT2D eigenvalue weighted by atomic mass is 35.5. The van der Waals surface area contributed by atoms with Gasteiger partial charge >= 0.3 is 5.97 Å². The number of rotatable bonds is 2. The van der Waals surface area contributed by atoms with Crippen molar-refractivity contribution in [1.82, 2.24) is 5.32 Å². The molecule has 0 bridgehead atoms. The zero-order chi connectivity index (χ0) is 8.60. The second-order valence-electron chi connectivity index (χ2n) is 4.30. The third kappa shape index (κ3) is 2.15. The second kappa shape index (κ2) is 3.84. The Bertz CT molecular complexity index is 194. The molecule has 1 aliphatic heterocycles. The van der Waals surface area contributed by atoms with E-state index < -0.39 is 5.97 Å². The molecule has 2 rings (SSSR count). The van der Waals surface area contributed by atoms with Crippen molar-refractivity contribution in [2.45, 2.75) is 25.7 Å². The van der Waals surface area contributed by atoms with Gasteiger partial charge < -0.3 is 10.4 Å². The maximum atomic E-state index is 10.4. The fourth-order valence-electron chi connectivity index (χ4n) is 2.70. The standard InChI is InChI=1S/C9H15NO2.ClH/c11-8(12)3-7-4-9(5-7)1-2-10-6-9;/h7,10H,1-6H2,(H,11,12);1H. The van der Waals surface area contributed by atoms with Gasteiger partial charge in [0.2, 0.25) is 0 Å². The van der Waals surface area contributed by atoms with Crippen LogP contribution in [0.2, 0.25) is 0 Å². The Kier molecular flexibility index (Phi) is 3.19. The number of aliphatic carboxylic acids is 1. The quantitative estimate of drug-likeness (QED) is 0.714. The van der Waals surface area contributed by atoms with Gasteiger partial charge in [-0.25, -0.2) is 0 Å². The highest BCUT2D eigenvalue weighted by molar-refractivity contribution is 5.85. The summed E-state index contributed by atoms with van der Waals surface area (Å²) in [7, 11) is 0. The summed E-state index contributed by atoms with van der Waals surface area (Å²) in [6.07, 6.45) is 3.89. The summed E-state index contributed by atoms with van der Waals surface area (Å²) in [6.45, 7) is 2.24. The molecule has 1 spiro atoms. The Morgan fingerprint density at radius 1 is 1.54 bits per heavy atom. The second-order valence-corrected chi connectivity index (χ2v) is 4.30. The van der Waals surface area contributed by atoms with Gasteiger partial charge in [-0.1, -0.05) is 0 Å². The van der Waals surface area contributed by atoms with Crippen molar-refractivity contribution in [1.29, 1.82) is 0 Å². The third-order valence-corrected chi connectivity index (χ3v) is 3.24. The van der Waals surface area contributed by atoms with Crippen molar-refractivity contribution >= 4 is 18.4 Å². The Labute approximate surface area is 84.3 Å². The lowest BCUT2D eigenvalue weighted by Crippen LogP contribution is -2.39. The topological polar surface area (TPSA) is 49.3 Å². The van der Waals surface area contributed by atoms with E-state index in [1.54, 1.807) is 0 Å². The summed E-state index contributed by atoms with van der Waals surface area (Å²) >= 11 is 0. The van der Waals surface area contributed by atoms with Crippen LogP contribution in [0.4, 0.5) is 0 Å². The number of carboxylic acid groups (broad SMARTS) is 1. The van der Waals surface area contributed by atoms with E-state index in [2.05, 4.69) is 5.32 Å². The molecular weight excluding hydrogens is 190 g/mol. The van der Waals surface area contributed by atoms with Crippen LogP contribution in [0.15, 0.2) is 0 Å². The number of hydrogen-bond acceptors (Lipinski definition) is 2. The summed E-state index contributed by atoms with van der Waals surface area (Å²) in [4.78, 5) is 10.4. The molecule has 0 aromatic carbocycles. The van der Waals surface area contributed by atoms with E-state index in [1.165, 1.54) is 6.42 Å². The van der Waals surface area contributed by atoms with E-state index in [0.29, 0.717) is 17.8 Å². The Morgan fingerprint density at radius 3 is 2.69 bits per heavy atom. The van der Waals surface area contributed by atoms with Gasteiger partial charge in [0, 0.05) is 13.0 Å². The first kappa shape index (κ1) is 10.8. The van der Waals surface area contributed by atoms with Crippen molar-refractivity contribution < 1.29 is 9.90 Å². The molecule has 0 aromatic heterocycles. The summed E-state index contributed by atoms with van der Waals surface area (Å²) in [5, 5.41) is 11.9. The third-order valence-electron chi connectivity index (χ3n) is 3.24. The Balaban J connectivity index is 0.000000845. The lowest BCUT2D eigenvalue weighted by Gasteiger charge is -2.44. The van der Waals surface area contributed by atoms with Crippen molar-refractivity contribution in [3.8, 4) is 0 Å². The lowest BCUT2D eigenvalue weighted by atomic mass is 9.60. The molecule has 3 nitrogen and oxygen atoms in total. The van der Waals surface area contributed by atoms with Gasteiger partial charge in [0.1, 0.15) is 0 Å². The molecule has 2 aliphatic rings. The summed E-state index contributed by atoms with van der Waals surface area (Å²) in [6, 6.07) is 0. The molecule has 0 aromatic rings. The summed E-state index contributed by atoms with van der Waals surface area (Å²) < 4.78 is 0. The Hall–Kier alpha value is -0.280. The lowest BCUT2D eigenvalue weighted by molar-refractivity contribution is -0.140. The van der Waals surface area contributed by atoms with E-state index >= 15 is 0 Å². The molecule has 0 radical (unpaired) electrons. The highest BCUT2D eigenvalue weighted by Crippen LogP contribution is 2.50. The molecule has 0 atom stereocenters. The van der Waals surface area contributed by atoms with Crippen LogP contribution in [0.3, 0.4) is 0 Å². The zero-order valence-electron chi connectivity index (χ0n) is 7.58. The molecule has 0 unspecified atom stereocenters. The number of nitrogens with one attached hydrogen (secondary N) is 1. The van der Waals surface area contributed by atoms with Gasteiger partial charge in [-0.2, -0.15) is 0 Å². The van der Waals surface area contributed by atoms with Crippen molar-refractivity contribution in [3.63, 3.8) is 0 Å². The van der Waals surface area contributed by atoms with Crippen molar-refractivity contribution in [2.75, 3.05) is 13.1 Å². The van der Waals surface area contributed by atoms with Gasteiger partial charge in [0.25, 0.3) is 0 Å². The minimum absolute atomic E-state index is 0. The van der Waals surface area contributed by atoms with Crippen LogP contribution in [0, 0.1) is 11.3 Å². The predicted octanol–water partition coefficient (Wildman–Crippen LogP) is 1.27. The van der Waals surface area contributed by atoms with E-state index in [0.717, 1.165) is 25.9 Å². The van der Waals surface area contributed by atoms with E-state index in [-0.39, 0.29) is 12.4 Å². The van der Waals surface area contributed by atoms with E-state index in [1.807, 2.05) is 0 Å². The first-order chi connectivity index (χ1) is 5.70. The van der Waals surface area contributed by atoms with Crippen LogP contribution < -0.4 is 5.32 Å².